The number of carboxylic acid groups (broad SMARTS) is 1. The van der Waals surface area contributed by atoms with Gasteiger partial charge in [0.2, 0.25) is 0 Å². The molecule has 2 rings (SSSR count). The van der Waals surface area contributed by atoms with Crippen LogP contribution in [0.5, 0.6) is 0 Å². The Morgan fingerprint density at radius 1 is 1.58 bits per heavy atom. The van der Waals surface area contributed by atoms with Crippen molar-refractivity contribution in [1.29, 1.82) is 0 Å². The molecule has 2 heterocycles. The van der Waals surface area contributed by atoms with Crippen molar-refractivity contribution in [2.45, 2.75) is 25.3 Å². The average Bonchev–Trinajstić information content (AvgIpc) is 2.98. The molecule has 0 saturated carbocycles. The van der Waals surface area contributed by atoms with E-state index in [1.165, 1.54) is 4.90 Å². The van der Waals surface area contributed by atoms with Crippen LogP contribution in [0.2, 0.25) is 0 Å². The molecule has 0 bridgehead atoms. The van der Waals surface area contributed by atoms with Crippen LogP contribution in [0.3, 0.4) is 0 Å². The number of hydrogen-bond donors (Lipinski definition) is 2. The van der Waals surface area contributed by atoms with Crippen LogP contribution >= 0.6 is 0 Å². The largest absolute Gasteiger partial charge is 0.480 e. The third kappa shape index (κ3) is 3.04. The predicted octanol–water partition coefficient (Wildman–Crippen LogP) is 0.221. The van der Waals surface area contributed by atoms with E-state index in [0.717, 1.165) is 12.1 Å². The fraction of sp³-hybridized carbons (Fsp3) is 0.583. The van der Waals surface area contributed by atoms with E-state index in [2.05, 4.69) is 10.4 Å². The van der Waals surface area contributed by atoms with Crippen molar-refractivity contribution in [2.24, 2.45) is 7.05 Å². The summed E-state index contributed by atoms with van der Waals surface area (Å²) in [5, 5.41) is 15.8. The Bertz CT molecular complexity index is 471. The van der Waals surface area contributed by atoms with Crippen LogP contribution in [-0.4, -0.2) is 50.9 Å². The first-order chi connectivity index (χ1) is 9.09. The van der Waals surface area contributed by atoms with Gasteiger partial charge in [-0.2, -0.15) is 5.10 Å². The van der Waals surface area contributed by atoms with Gasteiger partial charge in [-0.15, -0.1) is 0 Å². The van der Waals surface area contributed by atoms with Gasteiger partial charge in [0.05, 0.1) is 0 Å². The molecule has 0 radical (unpaired) electrons. The minimum Gasteiger partial charge on any atom is -0.480 e. The van der Waals surface area contributed by atoms with Gasteiger partial charge in [0.25, 0.3) is 0 Å². The molecule has 1 atom stereocenters. The molecule has 1 aliphatic rings. The molecule has 7 nitrogen and oxygen atoms in total. The van der Waals surface area contributed by atoms with E-state index < -0.39 is 12.0 Å². The Morgan fingerprint density at radius 3 is 3.00 bits per heavy atom. The molecule has 1 fully saturated rings. The molecule has 104 valence electrons. The number of likely N-dealkylation sites (tertiary alicyclic amines) is 1. The third-order valence-corrected chi connectivity index (χ3v) is 3.38. The first kappa shape index (κ1) is 13.4. The average molecular weight is 266 g/mol. The van der Waals surface area contributed by atoms with E-state index in [1.54, 1.807) is 10.9 Å². The van der Waals surface area contributed by atoms with Crippen LogP contribution in [0.15, 0.2) is 12.3 Å². The summed E-state index contributed by atoms with van der Waals surface area (Å²) in [4.78, 5) is 24.3. The highest BCUT2D eigenvalue weighted by atomic mass is 16.4. The van der Waals surface area contributed by atoms with E-state index in [0.29, 0.717) is 25.9 Å². The van der Waals surface area contributed by atoms with E-state index in [9.17, 15) is 9.59 Å². The molecule has 0 aromatic carbocycles. The Labute approximate surface area is 111 Å². The summed E-state index contributed by atoms with van der Waals surface area (Å²) in [6.45, 7) is 0.982. The van der Waals surface area contributed by atoms with Crippen molar-refractivity contribution >= 4 is 12.0 Å². The van der Waals surface area contributed by atoms with Crippen molar-refractivity contribution in [3.63, 3.8) is 0 Å². The Hall–Kier alpha value is -2.05. The zero-order valence-electron chi connectivity index (χ0n) is 10.9. The summed E-state index contributed by atoms with van der Waals surface area (Å²) in [5.41, 5.74) is 1.02. The lowest BCUT2D eigenvalue weighted by atomic mass is 10.2. The van der Waals surface area contributed by atoms with Crippen molar-refractivity contribution in [1.82, 2.24) is 20.0 Å². The zero-order valence-corrected chi connectivity index (χ0v) is 10.9. The molecule has 0 aliphatic carbocycles. The molecule has 1 saturated heterocycles. The number of carboxylic acids is 1. The monoisotopic (exact) mass is 266 g/mol. The molecule has 1 aromatic rings. The van der Waals surface area contributed by atoms with Crippen LogP contribution in [0, 0.1) is 0 Å². The topological polar surface area (TPSA) is 87.5 Å². The van der Waals surface area contributed by atoms with Crippen LogP contribution in [0.25, 0.3) is 0 Å². The van der Waals surface area contributed by atoms with Crippen LogP contribution in [0.4, 0.5) is 4.79 Å². The standard InChI is InChI=1S/C12H18N4O3/c1-15-9(5-7-14-15)4-6-13-12(19)16-8-2-3-10(16)11(17)18/h5,7,10H,2-4,6,8H2,1H3,(H,13,19)(H,17,18)/t10-/m1/s1. The summed E-state index contributed by atoms with van der Waals surface area (Å²) < 4.78 is 1.75. The lowest BCUT2D eigenvalue weighted by Crippen LogP contribution is -2.46. The number of hydrogen-bond acceptors (Lipinski definition) is 3. The third-order valence-electron chi connectivity index (χ3n) is 3.38. The first-order valence-corrected chi connectivity index (χ1v) is 6.33. The number of rotatable bonds is 4. The van der Waals surface area contributed by atoms with E-state index in [-0.39, 0.29) is 6.03 Å². The number of nitrogens with zero attached hydrogens (tertiary/aromatic N) is 3. The molecule has 7 heteroatoms. The van der Waals surface area contributed by atoms with Crippen molar-refractivity contribution in [3.05, 3.63) is 18.0 Å². The maximum absolute atomic E-state index is 11.9. The van der Waals surface area contributed by atoms with Gasteiger partial charge in [0, 0.05) is 38.4 Å². The van der Waals surface area contributed by atoms with Gasteiger partial charge in [-0.3, -0.25) is 4.68 Å². The van der Waals surface area contributed by atoms with Gasteiger partial charge in [-0.25, -0.2) is 9.59 Å². The SMILES string of the molecule is Cn1nccc1CCNC(=O)N1CCC[C@@H]1C(=O)O. The Morgan fingerprint density at radius 2 is 2.37 bits per heavy atom. The number of carbonyl (C=O) groups is 2. The van der Waals surface area contributed by atoms with Crippen molar-refractivity contribution in [3.8, 4) is 0 Å². The summed E-state index contributed by atoms with van der Waals surface area (Å²) in [6.07, 6.45) is 3.66. The number of nitrogens with one attached hydrogen (secondary N) is 1. The second-order valence-corrected chi connectivity index (χ2v) is 4.62. The molecular weight excluding hydrogens is 248 g/mol. The molecular formula is C12H18N4O3. The smallest absolute Gasteiger partial charge is 0.326 e. The summed E-state index contributed by atoms with van der Waals surface area (Å²) >= 11 is 0. The van der Waals surface area contributed by atoms with Gasteiger partial charge >= 0.3 is 12.0 Å². The maximum Gasteiger partial charge on any atom is 0.326 e. The quantitative estimate of drug-likeness (QED) is 0.816. The molecule has 2 amide bonds. The molecule has 2 N–H and O–H groups in total. The minimum atomic E-state index is -0.931. The second kappa shape index (κ2) is 5.73. The van der Waals surface area contributed by atoms with E-state index in [4.69, 9.17) is 5.11 Å². The highest BCUT2D eigenvalue weighted by Crippen LogP contribution is 2.17. The number of aliphatic carboxylic acids is 1. The van der Waals surface area contributed by atoms with Gasteiger partial charge in [-0.1, -0.05) is 0 Å². The molecule has 19 heavy (non-hydrogen) atoms. The molecule has 0 unspecified atom stereocenters. The zero-order chi connectivity index (χ0) is 13.8. The van der Waals surface area contributed by atoms with Crippen molar-refractivity contribution in [2.75, 3.05) is 13.1 Å². The minimum absolute atomic E-state index is 0.299. The Balaban J connectivity index is 1.81. The lowest BCUT2D eigenvalue weighted by molar-refractivity contribution is -0.141. The molecule has 1 aliphatic heterocycles. The highest BCUT2D eigenvalue weighted by Gasteiger charge is 2.33. The fourth-order valence-electron chi connectivity index (χ4n) is 2.31. The number of aryl methyl sites for hydroxylation is 1. The maximum atomic E-state index is 11.9. The molecule has 1 aromatic heterocycles. The summed E-state index contributed by atoms with van der Waals surface area (Å²) in [5.74, 6) is -0.931. The van der Waals surface area contributed by atoms with Gasteiger partial charge in [-0.05, 0) is 18.9 Å². The van der Waals surface area contributed by atoms with E-state index in [1.807, 2.05) is 13.1 Å². The summed E-state index contributed by atoms with van der Waals surface area (Å²) in [7, 11) is 1.85. The molecule has 0 spiro atoms. The van der Waals surface area contributed by atoms with E-state index >= 15 is 0 Å². The van der Waals surface area contributed by atoms with Gasteiger partial charge in [0.1, 0.15) is 6.04 Å². The predicted molar refractivity (Wildman–Crippen MR) is 67.7 cm³/mol. The van der Waals surface area contributed by atoms with Crippen molar-refractivity contribution < 1.29 is 14.7 Å². The number of amides is 2. The highest BCUT2D eigenvalue weighted by molar-refractivity contribution is 5.83. The van der Waals surface area contributed by atoms with Crippen LogP contribution < -0.4 is 5.32 Å². The fourth-order valence-corrected chi connectivity index (χ4v) is 2.31. The van der Waals surface area contributed by atoms with Gasteiger partial charge in [0.15, 0.2) is 0 Å². The second-order valence-electron chi connectivity index (χ2n) is 4.62. The summed E-state index contributed by atoms with van der Waals surface area (Å²) in [6, 6.07) is 0.908. The normalized spacial score (nSPS) is 18.6. The number of aromatic nitrogens is 2. The number of carbonyl (C=O) groups excluding carboxylic acids is 1. The van der Waals surface area contributed by atoms with Gasteiger partial charge < -0.3 is 15.3 Å². The van der Waals surface area contributed by atoms with Crippen LogP contribution in [-0.2, 0) is 18.3 Å². The lowest BCUT2D eigenvalue weighted by Gasteiger charge is -2.21. The van der Waals surface area contributed by atoms with Crippen LogP contribution in [0.1, 0.15) is 18.5 Å². The first-order valence-electron chi connectivity index (χ1n) is 6.33. The number of urea groups is 1. The Kier molecular flexibility index (Phi) is 4.03.